The molecule has 0 unspecified atom stereocenters. The van der Waals surface area contributed by atoms with Crippen LogP contribution < -0.4 is 10.2 Å². The lowest BCUT2D eigenvalue weighted by Gasteiger charge is -2.34. The number of hydrogen-bond donors (Lipinski definition) is 1. The molecule has 4 amide bonds. The number of anilines is 1. The maximum absolute atomic E-state index is 12.4. The van der Waals surface area contributed by atoms with Crippen LogP contribution in [0, 0.1) is 6.92 Å². The van der Waals surface area contributed by atoms with Gasteiger partial charge in [0.25, 0.3) is 0 Å². The average Bonchev–Trinajstić information content (AvgIpc) is 2.96. The Hall–Kier alpha value is -2.57. The van der Waals surface area contributed by atoms with Crippen LogP contribution >= 0.6 is 0 Å². The maximum Gasteiger partial charge on any atom is 0.317 e. The van der Waals surface area contributed by atoms with Gasteiger partial charge in [-0.05, 0) is 19.1 Å². The molecule has 2 heterocycles. The van der Waals surface area contributed by atoms with E-state index in [9.17, 15) is 14.4 Å². The third-order valence-electron chi connectivity index (χ3n) is 4.81. The SMILES string of the molecule is CC(=O)N1CCN(C(=O)N[C@@H]2CC(=O)N(c3ccc(C)cc3)C2)CC1. The standard InChI is InChI=1S/C18H24N4O3/c1-13-3-5-16(6-4-13)22-12-15(11-17(22)24)19-18(25)21-9-7-20(8-10-21)14(2)23/h3-6,15H,7-12H2,1-2H3,(H,19,25)/t15-/m1/s1. The zero-order valence-corrected chi connectivity index (χ0v) is 14.7. The molecule has 2 saturated heterocycles. The number of carbonyl (C=O) groups excluding carboxylic acids is 3. The number of carbonyl (C=O) groups is 3. The summed E-state index contributed by atoms with van der Waals surface area (Å²) in [5.74, 6) is 0.0609. The van der Waals surface area contributed by atoms with Crippen LogP contribution in [0.5, 0.6) is 0 Å². The van der Waals surface area contributed by atoms with Crippen molar-refractivity contribution in [2.45, 2.75) is 26.3 Å². The van der Waals surface area contributed by atoms with Gasteiger partial charge in [-0.1, -0.05) is 17.7 Å². The van der Waals surface area contributed by atoms with E-state index in [0.29, 0.717) is 39.1 Å². The second kappa shape index (κ2) is 7.13. The van der Waals surface area contributed by atoms with E-state index in [1.807, 2.05) is 31.2 Å². The molecule has 7 heteroatoms. The fourth-order valence-corrected chi connectivity index (χ4v) is 3.27. The topological polar surface area (TPSA) is 73.0 Å². The summed E-state index contributed by atoms with van der Waals surface area (Å²) < 4.78 is 0. The molecule has 0 aliphatic carbocycles. The summed E-state index contributed by atoms with van der Waals surface area (Å²) in [6.45, 7) is 6.19. The predicted octanol–water partition coefficient (Wildman–Crippen LogP) is 0.974. The highest BCUT2D eigenvalue weighted by molar-refractivity contribution is 5.96. The molecule has 1 N–H and O–H groups in total. The van der Waals surface area contributed by atoms with Gasteiger partial charge in [0.1, 0.15) is 0 Å². The molecule has 1 aromatic carbocycles. The monoisotopic (exact) mass is 344 g/mol. The maximum atomic E-state index is 12.4. The summed E-state index contributed by atoms with van der Waals surface area (Å²) in [6.07, 6.45) is 0.313. The van der Waals surface area contributed by atoms with Gasteiger partial charge in [0.2, 0.25) is 11.8 Å². The normalized spacial score (nSPS) is 20.8. The molecule has 2 aliphatic rings. The van der Waals surface area contributed by atoms with E-state index in [1.54, 1.807) is 21.6 Å². The highest BCUT2D eigenvalue weighted by Gasteiger charge is 2.33. The number of hydrogen-bond acceptors (Lipinski definition) is 3. The Morgan fingerprint density at radius 1 is 1.04 bits per heavy atom. The van der Waals surface area contributed by atoms with Crippen molar-refractivity contribution in [1.82, 2.24) is 15.1 Å². The zero-order chi connectivity index (χ0) is 18.0. The van der Waals surface area contributed by atoms with Crippen molar-refractivity contribution in [3.63, 3.8) is 0 Å². The van der Waals surface area contributed by atoms with E-state index in [-0.39, 0.29) is 23.9 Å². The van der Waals surface area contributed by atoms with E-state index in [1.165, 1.54) is 0 Å². The largest absolute Gasteiger partial charge is 0.339 e. The van der Waals surface area contributed by atoms with Gasteiger partial charge >= 0.3 is 6.03 Å². The van der Waals surface area contributed by atoms with Gasteiger partial charge in [-0.3, -0.25) is 9.59 Å². The Kier molecular flexibility index (Phi) is 4.92. The van der Waals surface area contributed by atoms with E-state index >= 15 is 0 Å². The fourth-order valence-electron chi connectivity index (χ4n) is 3.27. The average molecular weight is 344 g/mol. The van der Waals surface area contributed by atoms with Gasteiger partial charge in [-0.25, -0.2) is 4.79 Å². The lowest BCUT2D eigenvalue weighted by Crippen LogP contribution is -2.54. The Bertz CT molecular complexity index is 665. The molecule has 0 radical (unpaired) electrons. The molecule has 3 rings (SSSR count). The van der Waals surface area contributed by atoms with Crippen LogP contribution in [0.4, 0.5) is 10.5 Å². The predicted molar refractivity (Wildman–Crippen MR) is 94.3 cm³/mol. The molecule has 7 nitrogen and oxygen atoms in total. The summed E-state index contributed by atoms with van der Waals surface area (Å²) in [5, 5.41) is 2.96. The van der Waals surface area contributed by atoms with Gasteiger partial charge in [-0.15, -0.1) is 0 Å². The van der Waals surface area contributed by atoms with Crippen LogP contribution in [0.25, 0.3) is 0 Å². The van der Waals surface area contributed by atoms with Gasteiger partial charge in [0.15, 0.2) is 0 Å². The number of nitrogens with zero attached hydrogens (tertiary/aromatic N) is 3. The highest BCUT2D eigenvalue weighted by Crippen LogP contribution is 2.22. The number of aryl methyl sites for hydroxylation is 1. The van der Waals surface area contributed by atoms with Crippen molar-refractivity contribution in [2.24, 2.45) is 0 Å². The quantitative estimate of drug-likeness (QED) is 0.869. The number of piperazine rings is 1. The minimum absolute atomic E-state index is 0.0237. The Morgan fingerprint density at radius 3 is 2.24 bits per heavy atom. The zero-order valence-electron chi connectivity index (χ0n) is 14.7. The first-order chi connectivity index (χ1) is 11.9. The van der Waals surface area contributed by atoms with Crippen LogP contribution in [-0.4, -0.2) is 66.4 Å². The van der Waals surface area contributed by atoms with Crippen LogP contribution in [0.1, 0.15) is 18.9 Å². The molecule has 134 valence electrons. The molecule has 0 saturated carbocycles. The van der Waals surface area contributed by atoms with E-state index in [4.69, 9.17) is 0 Å². The highest BCUT2D eigenvalue weighted by atomic mass is 16.2. The number of nitrogens with one attached hydrogen (secondary N) is 1. The third kappa shape index (κ3) is 3.92. The molecule has 0 aromatic heterocycles. The second-order valence-electron chi connectivity index (χ2n) is 6.68. The minimum atomic E-state index is -0.188. The van der Waals surface area contributed by atoms with Crippen molar-refractivity contribution in [1.29, 1.82) is 0 Å². The molecule has 1 atom stereocenters. The van der Waals surface area contributed by atoms with E-state index in [0.717, 1.165) is 11.3 Å². The molecule has 2 aliphatic heterocycles. The van der Waals surface area contributed by atoms with Gasteiger partial charge in [0.05, 0.1) is 6.04 Å². The van der Waals surface area contributed by atoms with Crippen molar-refractivity contribution >= 4 is 23.5 Å². The van der Waals surface area contributed by atoms with Gasteiger partial charge < -0.3 is 20.0 Å². The molecule has 0 bridgehead atoms. The number of benzene rings is 1. The summed E-state index contributed by atoms with van der Waals surface area (Å²) in [5.41, 5.74) is 2.01. The van der Waals surface area contributed by atoms with Crippen molar-refractivity contribution in [3.05, 3.63) is 29.8 Å². The Morgan fingerprint density at radius 2 is 1.64 bits per heavy atom. The van der Waals surface area contributed by atoms with Crippen molar-refractivity contribution < 1.29 is 14.4 Å². The molecule has 25 heavy (non-hydrogen) atoms. The van der Waals surface area contributed by atoms with Gasteiger partial charge in [0, 0.05) is 51.8 Å². The Labute approximate surface area is 147 Å². The minimum Gasteiger partial charge on any atom is -0.339 e. The smallest absolute Gasteiger partial charge is 0.317 e. The second-order valence-corrected chi connectivity index (χ2v) is 6.68. The number of rotatable bonds is 2. The van der Waals surface area contributed by atoms with Crippen LogP contribution in [-0.2, 0) is 9.59 Å². The lowest BCUT2D eigenvalue weighted by atomic mass is 10.2. The first kappa shape index (κ1) is 17.3. The summed E-state index contributed by atoms with van der Waals surface area (Å²) >= 11 is 0. The molecule has 2 fully saturated rings. The molecular weight excluding hydrogens is 320 g/mol. The van der Waals surface area contributed by atoms with Crippen LogP contribution in [0.15, 0.2) is 24.3 Å². The number of urea groups is 1. The Balaban J connectivity index is 1.54. The van der Waals surface area contributed by atoms with Crippen LogP contribution in [0.2, 0.25) is 0 Å². The third-order valence-corrected chi connectivity index (χ3v) is 4.81. The first-order valence-corrected chi connectivity index (χ1v) is 8.62. The van der Waals surface area contributed by atoms with Crippen LogP contribution in [0.3, 0.4) is 0 Å². The van der Waals surface area contributed by atoms with Crippen molar-refractivity contribution in [3.8, 4) is 0 Å². The number of amides is 4. The van der Waals surface area contributed by atoms with E-state index in [2.05, 4.69) is 5.32 Å². The summed E-state index contributed by atoms with van der Waals surface area (Å²) in [4.78, 5) is 41.2. The molecule has 0 spiro atoms. The molecular formula is C18H24N4O3. The van der Waals surface area contributed by atoms with E-state index < -0.39 is 0 Å². The summed E-state index contributed by atoms with van der Waals surface area (Å²) in [6, 6.07) is 7.46. The first-order valence-electron chi connectivity index (χ1n) is 8.62. The fraction of sp³-hybridized carbons (Fsp3) is 0.500. The lowest BCUT2D eigenvalue weighted by molar-refractivity contribution is -0.130. The molecule has 1 aromatic rings. The van der Waals surface area contributed by atoms with Crippen molar-refractivity contribution in [2.75, 3.05) is 37.6 Å². The van der Waals surface area contributed by atoms with Gasteiger partial charge in [-0.2, -0.15) is 0 Å². The summed E-state index contributed by atoms with van der Waals surface area (Å²) in [7, 11) is 0.